The van der Waals surface area contributed by atoms with Crippen LogP contribution in [-0.4, -0.2) is 66.8 Å². The Labute approximate surface area is 243 Å². The summed E-state index contributed by atoms with van der Waals surface area (Å²) in [6.45, 7) is 11.4. The van der Waals surface area contributed by atoms with Gasteiger partial charge in [0, 0.05) is 31.7 Å². The van der Waals surface area contributed by atoms with E-state index in [0.717, 1.165) is 50.2 Å². The van der Waals surface area contributed by atoms with Crippen LogP contribution in [0.4, 0.5) is 0 Å². The van der Waals surface area contributed by atoms with Crippen LogP contribution in [0.15, 0.2) is 0 Å². The van der Waals surface area contributed by atoms with Crippen molar-refractivity contribution in [3.8, 4) is 0 Å². The molecule has 6 nitrogen and oxygen atoms in total. The maximum Gasteiger partial charge on any atom is 0.303 e. The van der Waals surface area contributed by atoms with Crippen LogP contribution in [0.25, 0.3) is 0 Å². The predicted molar refractivity (Wildman–Crippen MR) is 156 cm³/mol. The number of likely N-dealkylation sites (N-methyl/N-ethyl adjacent to an activating group) is 1. The van der Waals surface area contributed by atoms with Crippen LogP contribution in [0.3, 0.4) is 0 Å². The van der Waals surface area contributed by atoms with Crippen molar-refractivity contribution >= 4 is 11.9 Å². The molecule has 226 valence electrons. The highest BCUT2D eigenvalue weighted by Crippen LogP contribution is 2.68. The van der Waals surface area contributed by atoms with Gasteiger partial charge in [-0.3, -0.25) is 19.4 Å². The SMILES string of the molecule is CC(=O)OC1CC(C2CC3C4CCC5CCCC[C@]5(C)C4CC[C@]3(C)C2OC(C)=O)CN(C)C1N1CCCCC1. The van der Waals surface area contributed by atoms with Crippen LogP contribution in [0, 0.1) is 46.3 Å². The first kappa shape index (κ1) is 29.0. The second-order valence-electron chi connectivity index (χ2n) is 15.5. The molecule has 0 aromatic carbocycles. The smallest absolute Gasteiger partial charge is 0.303 e. The Morgan fingerprint density at radius 3 is 2.23 bits per heavy atom. The number of esters is 2. The molecule has 6 rings (SSSR count). The molecule has 0 aromatic heterocycles. The second kappa shape index (κ2) is 11.2. The second-order valence-corrected chi connectivity index (χ2v) is 15.5. The van der Waals surface area contributed by atoms with E-state index in [9.17, 15) is 9.59 Å². The van der Waals surface area contributed by atoms with Crippen molar-refractivity contribution in [1.82, 2.24) is 9.80 Å². The van der Waals surface area contributed by atoms with E-state index in [2.05, 4.69) is 30.7 Å². The van der Waals surface area contributed by atoms with Crippen molar-refractivity contribution in [3.63, 3.8) is 0 Å². The molecule has 6 fully saturated rings. The largest absolute Gasteiger partial charge is 0.462 e. The molecule has 0 bridgehead atoms. The third kappa shape index (κ3) is 4.95. The van der Waals surface area contributed by atoms with Gasteiger partial charge in [-0.1, -0.05) is 33.1 Å². The van der Waals surface area contributed by atoms with Gasteiger partial charge in [0.2, 0.25) is 0 Å². The number of nitrogens with zero attached hydrogens (tertiary/aromatic N) is 2. The number of ether oxygens (including phenoxy) is 2. The summed E-state index contributed by atoms with van der Waals surface area (Å²) in [4.78, 5) is 29.9. The zero-order chi connectivity index (χ0) is 28.2. The van der Waals surface area contributed by atoms with Crippen molar-refractivity contribution in [3.05, 3.63) is 0 Å². The zero-order valence-corrected chi connectivity index (χ0v) is 26.0. The van der Waals surface area contributed by atoms with Crippen LogP contribution >= 0.6 is 0 Å². The quantitative estimate of drug-likeness (QED) is 0.380. The number of carbonyl (C=O) groups excluding carboxylic acids is 2. The molecule has 11 atom stereocenters. The lowest BCUT2D eigenvalue weighted by molar-refractivity contribution is -0.172. The average Bonchev–Trinajstić information content (AvgIpc) is 3.20. The van der Waals surface area contributed by atoms with Gasteiger partial charge in [0.15, 0.2) is 0 Å². The number of fused-ring (bicyclic) bond motifs is 5. The molecule has 0 radical (unpaired) electrons. The predicted octanol–water partition coefficient (Wildman–Crippen LogP) is 6.27. The van der Waals surface area contributed by atoms with Gasteiger partial charge in [0.05, 0.1) is 0 Å². The highest BCUT2D eigenvalue weighted by Gasteiger charge is 2.64. The minimum Gasteiger partial charge on any atom is -0.462 e. The van der Waals surface area contributed by atoms with Crippen molar-refractivity contribution in [2.45, 2.75) is 130 Å². The van der Waals surface area contributed by atoms with Gasteiger partial charge in [-0.25, -0.2) is 0 Å². The molecule has 0 spiro atoms. The zero-order valence-electron chi connectivity index (χ0n) is 26.0. The van der Waals surface area contributed by atoms with Gasteiger partial charge < -0.3 is 9.47 Å². The summed E-state index contributed by atoms with van der Waals surface area (Å²) in [5.74, 6) is 3.51. The summed E-state index contributed by atoms with van der Waals surface area (Å²) in [5.41, 5.74) is 0.555. The molecular formula is C34H56N2O4. The number of carbonyl (C=O) groups is 2. The fraction of sp³-hybridized carbons (Fsp3) is 0.941. The van der Waals surface area contributed by atoms with E-state index >= 15 is 0 Å². The van der Waals surface area contributed by atoms with Crippen LogP contribution in [-0.2, 0) is 19.1 Å². The fourth-order valence-corrected chi connectivity index (χ4v) is 11.8. The van der Waals surface area contributed by atoms with Gasteiger partial charge in [0.25, 0.3) is 0 Å². The number of hydrogen-bond donors (Lipinski definition) is 0. The molecule has 0 amide bonds. The summed E-state index contributed by atoms with van der Waals surface area (Å²) in [6.07, 6.45) is 16.7. The first-order valence-corrected chi connectivity index (χ1v) is 16.9. The Hall–Kier alpha value is -1.14. The number of likely N-dealkylation sites (tertiary alicyclic amines) is 2. The van der Waals surface area contributed by atoms with E-state index in [0.29, 0.717) is 23.2 Å². The normalized spacial score (nSPS) is 48.0. The lowest BCUT2D eigenvalue weighted by Gasteiger charge is -2.60. The van der Waals surface area contributed by atoms with Gasteiger partial charge in [0.1, 0.15) is 18.4 Å². The number of rotatable bonds is 4. The molecule has 40 heavy (non-hydrogen) atoms. The van der Waals surface area contributed by atoms with Gasteiger partial charge in [-0.2, -0.15) is 0 Å². The minimum absolute atomic E-state index is 0.0317. The molecule has 0 N–H and O–H groups in total. The van der Waals surface area contributed by atoms with Crippen LogP contribution in [0.2, 0.25) is 0 Å². The monoisotopic (exact) mass is 556 g/mol. The minimum atomic E-state index is -0.176. The summed E-state index contributed by atoms with van der Waals surface area (Å²) in [7, 11) is 2.23. The van der Waals surface area contributed by atoms with Gasteiger partial charge in [-0.15, -0.1) is 0 Å². The number of hydrogen-bond acceptors (Lipinski definition) is 6. The summed E-state index contributed by atoms with van der Waals surface area (Å²) < 4.78 is 12.5. The summed E-state index contributed by atoms with van der Waals surface area (Å²) >= 11 is 0. The average molecular weight is 557 g/mol. The Balaban J connectivity index is 1.27. The van der Waals surface area contributed by atoms with E-state index < -0.39 is 0 Å². The van der Waals surface area contributed by atoms with Gasteiger partial charge >= 0.3 is 11.9 Å². The summed E-state index contributed by atoms with van der Waals surface area (Å²) in [6, 6.07) is 0. The molecule has 2 saturated heterocycles. The topological polar surface area (TPSA) is 59.1 Å². The lowest BCUT2D eigenvalue weighted by Crippen LogP contribution is -2.61. The molecular weight excluding hydrogens is 500 g/mol. The number of piperidine rings is 2. The highest BCUT2D eigenvalue weighted by atomic mass is 16.5. The van der Waals surface area contributed by atoms with Crippen molar-refractivity contribution < 1.29 is 19.1 Å². The molecule has 2 aliphatic heterocycles. The maximum absolute atomic E-state index is 12.6. The Kier molecular flexibility index (Phi) is 8.09. The lowest BCUT2D eigenvalue weighted by atomic mass is 9.45. The molecule has 0 aromatic rings. The van der Waals surface area contributed by atoms with E-state index in [1.807, 2.05) is 0 Å². The van der Waals surface area contributed by atoms with E-state index in [4.69, 9.17) is 9.47 Å². The standard InChI is InChI=1S/C34H56N2O4/c1-22(37)39-30-19-24(21-35(5)32(30)36-17-9-6-10-18-36)27-20-29-26-13-12-25-11-7-8-15-33(25,3)28(26)14-16-34(29,4)31(27)40-23(2)38/h24-32H,6-21H2,1-5H3/t24?,25?,26?,27?,28?,29?,30?,31?,32?,33-,34-/m0/s1. The third-order valence-corrected chi connectivity index (χ3v) is 13.4. The Morgan fingerprint density at radius 2 is 1.50 bits per heavy atom. The van der Waals surface area contributed by atoms with Crippen LogP contribution < -0.4 is 0 Å². The van der Waals surface area contributed by atoms with E-state index in [1.54, 1.807) is 13.8 Å². The summed E-state index contributed by atoms with van der Waals surface area (Å²) in [5, 5.41) is 0. The highest BCUT2D eigenvalue weighted by molar-refractivity contribution is 5.66. The first-order chi connectivity index (χ1) is 19.1. The maximum atomic E-state index is 12.6. The van der Waals surface area contributed by atoms with Crippen LogP contribution in [0.1, 0.15) is 111 Å². The van der Waals surface area contributed by atoms with E-state index in [-0.39, 0.29) is 35.7 Å². The Morgan fingerprint density at radius 1 is 0.750 bits per heavy atom. The van der Waals surface area contributed by atoms with Crippen LogP contribution in [0.5, 0.6) is 0 Å². The third-order valence-electron chi connectivity index (χ3n) is 13.4. The molecule has 9 unspecified atom stereocenters. The molecule has 6 heteroatoms. The molecule has 4 saturated carbocycles. The Bertz CT molecular complexity index is 950. The van der Waals surface area contributed by atoms with Gasteiger partial charge in [-0.05, 0) is 119 Å². The van der Waals surface area contributed by atoms with E-state index in [1.165, 1.54) is 70.6 Å². The van der Waals surface area contributed by atoms with Crippen molar-refractivity contribution in [1.29, 1.82) is 0 Å². The fourth-order valence-electron chi connectivity index (χ4n) is 11.8. The molecule has 4 aliphatic carbocycles. The molecule has 2 heterocycles. The van der Waals surface area contributed by atoms with Crippen molar-refractivity contribution in [2.75, 3.05) is 26.7 Å². The van der Waals surface area contributed by atoms with Crippen molar-refractivity contribution in [2.24, 2.45) is 46.3 Å². The molecule has 6 aliphatic rings. The first-order valence-electron chi connectivity index (χ1n) is 16.9.